The lowest BCUT2D eigenvalue weighted by Gasteiger charge is -2.44. The number of amides is 1. The van der Waals surface area contributed by atoms with Gasteiger partial charge in [-0.1, -0.05) is 76.8 Å². The van der Waals surface area contributed by atoms with E-state index in [-0.39, 0.29) is 36.2 Å². The van der Waals surface area contributed by atoms with Crippen LogP contribution in [-0.4, -0.2) is 50.9 Å². The summed E-state index contributed by atoms with van der Waals surface area (Å²) in [7, 11) is 6.38. The Labute approximate surface area is 251 Å². The molecule has 38 heavy (non-hydrogen) atoms. The van der Waals surface area contributed by atoms with Crippen LogP contribution in [-0.2, 0) is 4.74 Å². The summed E-state index contributed by atoms with van der Waals surface area (Å²) >= 11 is 0. The minimum atomic E-state index is -0.286. The highest BCUT2D eigenvalue weighted by Crippen LogP contribution is 2.60. The Morgan fingerprint density at radius 1 is 1.13 bits per heavy atom. The number of likely N-dealkylation sites (N-methyl/N-ethyl adjacent to an activating group) is 1. The van der Waals surface area contributed by atoms with Crippen LogP contribution < -0.4 is 29.3 Å². The number of allylic oxidation sites excluding steroid dienone is 4. The molecule has 4 nitrogen and oxygen atoms in total. The molecule has 5 heteroatoms. The standard InChI is InChI=1S/C33H56N2O2.HI/c1-24(2)11-9-12-26(4)30-18-19-31-27(13-10-20-33(30,31)5)15-16-28-23-29(17-14-25(28)3)37-32(36)34-21-22-35(6,7)8;/h15-16,24,26,29-31H,3,9-14,17-23H2,1-2,4-8H3;1H/b27-15+,28-16-;/t26-,29+,30-,31+,33-;/m1./s1. The molecular weight excluding hydrogens is 583 g/mol. The van der Waals surface area contributed by atoms with Crippen LogP contribution in [0.25, 0.3) is 0 Å². The second-order valence-electron chi connectivity index (χ2n) is 14.1. The van der Waals surface area contributed by atoms with E-state index in [2.05, 4.69) is 72.9 Å². The summed E-state index contributed by atoms with van der Waals surface area (Å²) in [5.74, 6) is 3.24. The number of fused-ring (bicyclic) bond motifs is 1. The fraction of sp³-hybridized carbons (Fsp3) is 0.788. The van der Waals surface area contributed by atoms with E-state index in [0.29, 0.717) is 12.0 Å². The van der Waals surface area contributed by atoms with Crippen molar-refractivity contribution in [3.05, 3.63) is 35.5 Å². The first-order chi connectivity index (χ1) is 17.4. The number of halogens is 1. The molecular formula is C33H57IN2O2. The number of rotatable bonds is 10. The second-order valence-corrected chi connectivity index (χ2v) is 14.1. The van der Waals surface area contributed by atoms with Gasteiger partial charge in [-0.15, -0.1) is 0 Å². The fourth-order valence-corrected chi connectivity index (χ4v) is 7.43. The maximum absolute atomic E-state index is 12.3. The highest BCUT2D eigenvalue weighted by Gasteiger charge is 2.50. The molecule has 0 saturated heterocycles. The van der Waals surface area contributed by atoms with Crippen LogP contribution in [0.3, 0.4) is 0 Å². The molecule has 0 unspecified atom stereocenters. The van der Waals surface area contributed by atoms with Crippen molar-refractivity contribution in [1.29, 1.82) is 0 Å². The summed E-state index contributed by atoms with van der Waals surface area (Å²) in [6.07, 6.45) is 17.8. The van der Waals surface area contributed by atoms with Crippen LogP contribution >= 0.6 is 0 Å². The van der Waals surface area contributed by atoms with Crippen molar-refractivity contribution in [3.8, 4) is 0 Å². The smallest absolute Gasteiger partial charge is 0.407 e. The van der Waals surface area contributed by atoms with Gasteiger partial charge >= 0.3 is 6.09 Å². The van der Waals surface area contributed by atoms with Crippen LogP contribution in [0.2, 0.25) is 0 Å². The van der Waals surface area contributed by atoms with E-state index in [4.69, 9.17) is 4.74 Å². The van der Waals surface area contributed by atoms with E-state index in [9.17, 15) is 4.79 Å². The van der Waals surface area contributed by atoms with Crippen molar-refractivity contribution in [2.24, 2.45) is 29.1 Å². The first-order valence-corrected chi connectivity index (χ1v) is 15.2. The predicted octanol–water partition coefficient (Wildman–Crippen LogP) is 5.06. The molecule has 0 spiro atoms. The molecule has 0 aromatic rings. The first-order valence-electron chi connectivity index (χ1n) is 15.2. The topological polar surface area (TPSA) is 38.3 Å². The molecule has 5 atom stereocenters. The lowest BCUT2D eigenvalue weighted by atomic mass is 9.60. The summed E-state index contributed by atoms with van der Waals surface area (Å²) in [5, 5.41) is 2.93. The maximum atomic E-state index is 12.3. The largest absolute Gasteiger partial charge is 1.00 e. The van der Waals surface area contributed by atoms with E-state index in [1.807, 2.05) is 0 Å². The van der Waals surface area contributed by atoms with E-state index in [0.717, 1.165) is 54.0 Å². The molecule has 3 rings (SSSR count). The van der Waals surface area contributed by atoms with Crippen molar-refractivity contribution in [1.82, 2.24) is 5.32 Å². The van der Waals surface area contributed by atoms with Crippen LogP contribution in [0.5, 0.6) is 0 Å². The molecule has 0 radical (unpaired) electrons. The Kier molecular flexibility index (Phi) is 12.9. The molecule has 0 bridgehead atoms. The number of carbonyl (C=O) groups excluding carboxylic acids is 1. The number of quaternary nitrogens is 1. The van der Waals surface area contributed by atoms with Gasteiger partial charge in [0.05, 0.1) is 34.2 Å². The van der Waals surface area contributed by atoms with E-state index < -0.39 is 0 Å². The molecule has 3 fully saturated rings. The Balaban J connectivity index is 0.00000507. The third-order valence-electron chi connectivity index (χ3n) is 9.66. The first kappa shape index (κ1) is 33.4. The summed E-state index contributed by atoms with van der Waals surface area (Å²) < 4.78 is 6.61. The lowest BCUT2D eigenvalue weighted by molar-refractivity contribution is -0.869. The maximum Gasteiger partial charge on any atom is 0.407 e. The minimum Gasteiger partial charge on any atom is -1.00 e. The second kappa shape index (κ2) is 14.7. The number of alkyl carbamates (subject to hydrolysis) is 1. The van der Waals surface area contributed by atoms with E-state index in [1.165, 1.54) is 62.5 Å². The molecule has 3 saturated carbocycles. The van der Waals surface area contributed by atoms with Crippen molar-refractivity contribution in [2.45, 2.75) is 104 Å². The van der Waals surface area contributed by atoms with Crippen molar-refractivity contribution in [3.63, 3.8) is 0 Å². The molecule has 3 aliphatic rings. The third kappa shape index (κ3) is 9.38. The monoisotopic (exact) mass is 640 g/mol. The van der Waals surface area contributed by atoms with Gasteiger partial charge in [0.15, 0.2) is 0 Å². The van der Waals surface area contributed by atoms with Crippen LogP contribution in [0.15, 0.2) is 35.5 Å². The van der Waals surface area contributed by atoms with Crippen molar-refractivity contribution < 1.29 is 38.0 Å². The molecule has 0 aliphatic heterocycles. The SMILES string of the molecule is C=C1CC[C@H](OC(=O)NCC[N+](C)(C)C)C/C1=C/C=C1\CCC[C@]2(C)[C@@H]([C@H](C)CCCC(C)C)CC[C@@H]12.[I-]. The summed E-state index contributed by atoms with van der Waals surface area (Å²) in [4.78, 5) is 12.3. The molecule has 0 aromatic heterocycles. The predicted molar refractivity (Wildman–Crippen MR) is 156 cm³/mol. The Bertz CT molecular complexity index is 856. The van der Waals surface area contributed by atoms with Crippen LogP contribution in [0.4, 0.5) is 4.79 Å². The number of hydrogen-bond donors (Lipinski definition) is 1. The average Bonchev–Trinajstić information content (AvgIpc) is 3.16. The zero-order valence-electron chi connectivity index (χ0n) is 25.6. The molecule has 3 aliphatic carbocycles. The number of hydrogen-bond acceptors (Lipinski definition) is 2. The van der Waals surface area contributed by atoms with Crippen LogP contribution in [0.1, 0.15) is 98.3 Å². The number of nitrogens with zero attached hydrogens (tertiary/aromatic N) is 1. The molecule has 0 aromatic carbocycles. The zero-order chi connectivity index (χ0) is 27.2. The van der Waals surface area contributed by atoms with Gasteiger partial charge in [0.25, 0.3) is 0 Å². The molecule has 1 N–H and O–H groups in total. The molecule has 0 heterocycles. The third-order valence-corrected chi connectivity index (χ3v) is 9.66. The highest BCUT2D eigenvalue weighted by atomic mass is 127. The van der Waals surface area contributed by atoms with Gasteiger partial charge in [0.2, 0.25) is 0 Å². The lowest BCUT2D eigenvalue weighted by Crippen LogP contribution is -3.00. The van der Waals surface area contributed by atoms with Crippen molar-refractivity contribution in [2.75, 3.05) is 34.2 Å². The minimum absolute atomic E-state index is 0. The Hall–Kier alpha value is -0.820. The van der Waals surface area contributed by atoms with Gasteiger partial charge < -0.3 is 38.5 Å². The summed E-state index contributed by atoms with van der Waals surface area (Å²) in [5.41, 5.74) is 4.60. The Morgan fingerprint density at radius 3 is 2.55 bits per heavy atom. The van der Waals surface area contributed by atoms with Gasteiger partial charge in [-0.2, -0.15) is 0 Å². The normalized spacial score (nSPS) is 30.7. The van der Waals surface area contributed by atoms with Gasteiger partial charge in [-0.25, -0.2) is 4.79 Å². The van der Waals surface area contributed by atoms with Gasteiger partial charge in [0.1, 0.15) is 6.10 Å². The summed E-state index contributed by atoms with van der Waals surface area (Å²) in [6, 6.07) is 0. The quantitative estimate of drug-likeness (QED) is 0.268. The Morgan fingerprint density at radius 2 is 1.87 bits per heavy atom. The average molecular weight is 641 g/mol. The molecule has 1 amide bonds. The van der Waals surface area contributed by atoms with Gasteiger partial charge in [-0.05, 0) is 79.6 Å². The molecule has 218 valence electrons. The number of nitrogens with one attached hydrogen (secondary N) is 1. The van der Waals surface area contributed by atoms with Gasteiger partial charge in [-0.3, -0.25) is 0 Å². The van der Waals surface area contributed by atoms with Gasteiger partial charge in [0, 0.05) is 6.42 Å². The summed E-state index contributed by atoms with van der Waals surface area (Å²) in [6.45, 7) is 15.7. The van der Waals surface area contributed by atoms with Crippen LogP contribution in [0, 0.1) is 29.1 Å². The van der Waals surface area contributed by atoms with Crippen molar-refractivity contribution >= 4 is 6.09 Å². The zero-order valence-corrected chi connectivity index (χ0v) is 27.7. The van der Waals surface area contributed by atoms with E-state index >= 15 is 0 Å². The fourth-order valence-electron chi connectivity index (χ4n) is 7.43. The number of carbonyl (C=O) groups is 1. The van der Waals surface area contributed by atoms with E-state index in [1.54, 1.807) is 5.57 Å². The highest BCUT2D eigenvalue weighted by molar-refractivity contribution is 5.67. The number of ether oxygens (including phenoxy) is 1.